The minimum absolute atomic E-state index is 0.0189. The number of urea groups is 1. The second kappa shape index (κ2) is 5.60. The Balaban J connectivity index is 1.39. The zero-order chi connectivity index (χ0) is 15.9. The molecule has 1 aromatic rings. The standard InChI is InChI=1S/C17H22N2O4/c20-13-2-1-7-19(9-13)16(21)18-10-17(5-6-17)12-3-4-14-15(8-12)23-11-22-14/h3-4,8,13,20H,1-2,5-7,9-11H2,(H,18,21)/t13-/m1/s1. The number of rotatable bonds is 3. The summed E-state index contributed by atoms with van der Waals surface area (Å²) < 4.78 is 10.8. The fourth-order valence-electron chi connectivity index (χ4n) is 3.44. The number of aliphatic hydroxyl groups is 1. The Morgan fingerprint density at radius 3 is 2.96 bits per heavy atom. The van der Waals surface area contributed by atoms with E-state index in [9.17, 15) is 9.90 Å². The van der Waals surface area contributed by atoms with E-state index in [0.29, 0.717) is 13.1 Å². The quantitative estimate of drug-likeness (QED) is 0.888. The third-order valence-corrected chi connectivity index (χ3v) is 5.10. The SMILES string of the molecule is O=C(NCC1(c2ccc3c(c2)OCO3)CC1)N1CCC[C@@H](O)C1. The number of hydrogen-bond donors (Lipinski definition) is 2. The third kappa shape index (κ3) is 2.83. The Morgan fingerprint density at radius 2 is 2.17 bits per heavy atom. The van der Waals surface area contributed by atoms with Crippen LogP contribution in [0.4, 0.5) is 4.79 Å². The first-order valence-corrected chi connectivity index (χ1v) is 8.27. The number of piperidine rings is 1. The topological polar surface area (TPSA) is 71.0 Å². The van der Waals surface area contributed by atoms with E-state index in [1.165, 1.54) is 5.56 Å². The van der Waals surface area contributed by atoms with Gasteiger partial charge in [0, 0.05) is 25.0 Å². The minimum Gasteiger partial charge on any atom is -0.454 e. The molecule has 0 unspecified atom stereocenters. The smallest absolute Gasteiger partial charge is 0.317 e. The zero-order valence-corrected chi connectivity index (χ0v) is 13.1. The number of nitrogens with one attached hydrogen (secondary N) is 1. The number of likely N-dealkylation sites (tertiary alicyclic amines) is 1. The lowest BCUT2D eigenvalue weighted by Gasteiger charge is -2.30. The van der Waals surface area contributed by atoms with Gasteiger partial charge in [-0.25, -0.2) is 4.79 Å². The van der Waals surface area contributed by atoms with Gasteiger partial charge in [-0.2, -0.15) is 0 Å². The zero-order valence-electron chi connectivity index (χ0n) is 13.1. The Bertz CT molecular complexity index is 615. The molecule has 6 nitrogen and oxygen atoms in total. The predicted octanol–water partition coefficient (Wildman–Crippen LogP) is 1.61. The maximum absolute atomic E-state index is 12.3. The lowest BCUT2D eigenvalue weighted by Crippen LogP contribution is -2.48. The van der Waals surface area contributed by atoms with Crippen molar-refractivity contribution in [1.82, 2.24) is 10.2 Å². The van der Waals surface area contributed by atoms with Crippen molar-refractivity contribution in [1.29, 1.82) is 0 Å². The highest BCUT2D eigenvalue weighted by atomic mass is 16.7. The molecule has 23 heavy (non-hydrogen) atoms. The summed E-state index contributed by atoms with van der Waals surface area (Å²) in [4.78, 5) is 14.0. The molecule has 6 heteroatoms. The van der Waals surface area contributed by atoms with Gasteiger partial charge in [0.15, 0.2) is 11.5 Å². The molecule has 4 rings (SSSR count). The molecule has 1 aromatic carbocycles. The van der Waals surface area contributed by atoms with Crippen LogP contribution in [-0.4, -0.2) is 48.6 Å². The fraction of sp³-hybridized carbons (Fsp3) is 0.588. The monoisotopic (exact) mass is 318 g/mol. The highest BCUT2D eigenvalue weighted by Gasteiger charge is 2.45. The van der Waals surface area contributed by atoms with Gasteiger partial charge in [-0.3, -0.25) is 0 Å². The molecule has 2 amide bonds. The van der Waals surface area contributed by atoms with Crippen molar-refractivity contribution >= 4 is 6.03 Å². The van der Waals surface area contributed by atoms with Crippen molar-refractivity contribution in [3.05, 3.63) is 23.8 Å². The lowest BCUT2D eigenvalue weighted by atomic mass is 9.95. The van der Waals surface area contributed by atoms with Crippen LogP contribution >= 0.6 is 0 Å². The summed E-state index contributed by atoms with van der Waals surface area (Å²) in [5.74, 6) is 1.58. The highest BCUT2D eigenvalue weighted by molar-refractivity contribution is 5.74. The summed E-state index contributed by atoms with van der Waals surface area (Å²) >= 11 is 0. The molecule has 124 valence electrons. The minimum atomic E-state index is -0.391. The van der Waals surface area contributed by atoms with Crippen LogP contribution in [0.3, 0.4) is 0 Å². The number of benzene rings is 1. The van der Waals surface area contributed by atoms with Crippen LogP contribution < -0.4 is 14.8 Å². The molecule has 0 aromatic heterocycles. The molecular formula is C17H22N2O4. The van der Waals surface area contributed by atoms with E-state index >= 15 is 0 Å². The molecule has 2 fully saturated rings. The van der Waals surface area contributed by atoms with E-state index in [-0.39, 0.29) is 18.2 Å². The van der Waals surface area contributed by atoms with E-state index in [4.69, 9.17) is 9.47 Å². The molecule has 1 aliphatic carbocycles. The van der Waals surface area contributed by atoms with Crippen molar-refractivity contribution in [2.24, 2.45) is 0 Å². The Kier molecular flexibility index (Phi) is 3.56. The molecule has 1 atom stereocenters. The van der Waals surface area contributed by atoms with Crippen LogP contribution in [0.5, 0.6) is 11.5 Å². The number of ether oxygens (including phenoxy) is 2. The van der Waals surface area contributed by atoms with E-state index in [0.717, 1.165) is 43.7 Å². The van der Waals surface area contributed by atoms with Gasteiger partial charge in [-0.15, -0.1) is 0 Å². The summed E-state index contributed by atoms with van der Waals surface area (Å²) in [5.41, 5.74) is 1.21. The number of carbonyl (C=O) groups is 1. The summed E-state index contributed by atoms with van der Waals surface area (Å²) in [6.45, 7) is 2.06. The van der Waals surface area contributed by atoms with E-state index in [1.807, 2.05) is 12.1 Å². The normalized spacial score (nSPS) is 24.4. The highest BCUT2D eigenvalue weighted by Crippen LogP contribution is 2.49. The van der Waals surface area contributed by atoms with Crippen LogP contribution in [0.2, 0.25) is 0 Å². The first-order valence-electron chi connectivity index (χ1n) is 8.27. The predicted molar refractivity (Wildman–Crippen MR) is 83.7 cm³/mol. The molecule has 2 N–H and O–H groups in total. The van der Waals surface area contributed by atoms with E-state index in [2.05, 4.69) is 11.4 Å². The number of carbonyl (C=O) groups excluding carboxylic acids is 1. The molecule has 2 aliphatic heterocycles. The Hall–Kier alpha value is -1.95. The first-order chi connectivity index (χ1) is 11.2. The summed E-state index contributed by atoms with van der Waals surface area (Å²) in [6, 6.07) is 5.97. The van der Waals surface area contributed by atoms with Crippen molar-refractivity contribution in [2.45, 2.75) is 37.2 Å². The van der Waals surface area contributed by atoms with Gasteiger partial charge in [0.05, 0.1) is 6.10 Å². The molecule has 2 heterocycles. The molecule has 0 bridgehead atoms. The number of amides is 2. The molecular weight excluding hydrogens is 296 g/mol. The van der Waals surface area contributed by atoms with E-state index in [1.54, 1.807) is 4.90 Å². The molecule has 1 saturated carbocycles. The third-order valence-electron chi connectivity index (χ3n) is 5.10. The van der Waals surface area contributed by atoms with Gasteiger partial charge >= 0.3 is 6.03 Å². The Morgan fingerprint density at radius 1 is 1.35 bits per heavy atom. The van der Waals surface area contributed by atoms with Crippen LogP contribution in [0.15, 0.2) is 18.2 Å². The largest absolute Gasteiger partial charge is 0.454 e. The van der Waals surface area contributed by atoms with Gasteiger partial charge in [-0.1, -0.05) is 6.07 Å². The fourth-order valence-corrected chi connectivity index (χ4v) is 3.44. The number of β-amino-alcohol motifs (C(OH)–C–C–N with tert-alkyl or cyclic N) is 1. The molecule has 0 radical (unpaired) electrons. The summed E-state index contributed by atoms with van der Waals surface area (Å²) in [6.07, 6.45) is 3.39. The van der Waals surface area contributed by atoms with Gasteiger partial charge in [-0.05, 0) is 43.4 Å². The van der Waals surface area contributed by atoms with Gasteiger partial charge in [0.25, 0.3) is 0 Å². The van der Waals surface area contributed by atoms with Crippen LogP contribution in [0, 0.1) is 0 Å². The number of hydrogen-bond acceptors (Lipinski definition) is 4. The van der Waals surface area contributed by atoms with Gasteiger partial charge in [0.1, 0.15) is 0 Å². The first kappa shape index (κ1) is 14.6. The van der Waals surface area contributed by atoms with Crippen LogP contribution in [-0.2, 0) is 5.41 Å². The van der Waals surface area contributed by atoms with Crippen molar-refractivity contribution < 1.29 is 19.4 Å². The van der Waals surface area contributed by atoms with Crippen molar-refractivity contribution in [3.63, 3.8) is 0 Å². The number of aliphatic hydroxyl groups excluding tert-OH is 1. The van der Waals surface area contributed by atoms with E-state index < -0.39 is 6.10 Å². The van der Waals surface area contributed by atoms with Crippen LogP contribution in [0.1, 0.15) is 31.2 Å². The molecule has 0 spiro atoms. The van der Waals surface area contributed by atoms with Crippen molar-refractivity contribution in [3.8, 4) is 11.5 Å². The summed E-state index contributed by atoms with van der Waals surface area (Å²) in [7, 11) is 0. The second-order valence-electron chi connectivity index (χ2n) is 6.75. The lowest BCUT2D eigenvalue weighted by molar-refractivity contribution is 0.0841. The maximum Gasteiger partial charge on any atom is 0.317 e. The second-order valence-corrected chi connectivity index (χ2v) is 6.75. The summed E-state index contributed by atoms with van der Waals surface area (Å²) in [5, 5.41) is 12.7. The maximum atomic E-state index is 12.3. The van der Waals surface area contributed by atoms with Gasteiger partial charge < -0.3 is 24.8 Å². The molecule has 3 aliphatic rings. The molecule has 1 saturated heterocycles. The Labute approximate surface area is 135 Å². The van der Waals surface area contributed by atoms with Crippen molar-refractivity contribution in [2.75, 3.05) is 26.4 Å². The van der Waals surface area contributed by atoms with Crippen LogP contribution in [0.25, 0.3) is 0 Å². The average Bonchev–Trinajstić information content (AvgIpc) is 3.21. The van der Waals surface area contributed by atoms with Gasteiger partial charge in [0.2, 0.25) is 6.79 Å². The number of nitrogens with zero attached hydrogens (tertiary/aromatic N) is 1. The number of fused-ring (bicyclic) bond motifs is 1. The average molecular weight is 318 g/mol.